The molecule has 0 fully saturated rings. The summed E-state index contributed by atoms with van der Waals surface area (Å²) in [6.07, 6.45) is 0.240. The lowest BCUT2D eigenvalue weighted by atomic mass is 10.1. The average Bonchev–Trinajstić information content (AvgIpc) is 2.06. The van der Waals surface area contributed by atoms with E-state index in [1.807, 2.05) is 6.07 Å². The van der Waals surface area contributed by atoms with E-state index in [9.17, 15) is 0 Å². The van der Waals surface area contributed by atoms with Gasteiger partial charge in [-0.2, -0.15) is 5.26 Å². The highest BCUT2D eigenvalue weighted by Gasteiger charge is 2.07. The van der Waals surface area contributed by atoms with Gasteiger partial charge in [-0.25, -0.2) is 0 Å². The Labute approximate surface area is 84.1 Å². The molecule has 1 aromatic carbocycles. The maximum atomic E-state index is 8.48. The molecule has 0 aliphatic carbocycles. The highest BCUT2D eigenvalue weighted by molar-refractivity contribution is 9.10. The highest BCUT2D eigenvalue weighted by Crippen LogP contribution is 2.30. The fourth-order valence-electron chi connectivity index (χ4n) is 0.866. The minimum atomic E-state index is 0.240. The van der Waals surface area contributed by atoms with Crippen LogP contribution in [-0.2, 0) is 6.42 Å². The number of nitrogen functional groups attached to an aromatic ring is 1. The molecule has 0 aliphatic heterocycles. The van der Waals surface area contributed by atoms with Gasteiger partial charge in [0.1, 0.15) is 0 Å². The van der Waals surface area contributed by atoms with Crippen LogP contribution >= 0.6 is 27.5 Å². The first-order chi connectivity index (χ1) is 5.66. The van der Waals surface area contributed by atoms with Gasteiger partial charge in [0.15, 0.2) is 0 Å². The topological polar surface area (TPSA) is 49.8 Å². The summed E-state index contributed by atoms with van der Waals surface area (Å²) in [7, 11) is 0. The minimum Gasteiger partial charge on any atom is -0.398 e. The molecule has 1 aromatic rings. The average molecular weight is 246 g/mol. The number of halogens is 2. The van der Waals surface area contributed by atoms with Crippen LogP contribution in [0.3, 0.4) is 0 Å². The normalized spacial score (nSPS) is 9.42. The smallest absolute Gasteiger partial charge is 0.0671 e. The summed E-state index contributed by atoms with van der Waals surface area (Å²) in [5, 5.41) is 9.00. The van der Waals surface area contributed by atoms with Crippen LogP contribution in [0.4, 0.5) is 5.69 Å². The van der Waals surface area contributed by atoms with Gasteiger partial charge in [0.05, 0.1) is 17.5 Å². The van der Waals surface area contributed by atoms with Crippen molar-refractivity contribution in [2.75, 3.05) is 5.73 Å². The van der Waals surface area contributed by atoms with Gasteiger partial charge in [-0.3, -0.25) is 0 Å². The number of nitrogens with two attached hydrogens (primary N) is 1. The van der Waals surface area contributed by atoms with Crippen LogP contribution < -0.4 is 5.73 Å². The van der Waals surface area contributed by atoms with Crippen molar-refractivity contribution in [2.45, 2.75) is 6.42 Å². The molecule has 62 valence electrons. The molecule has 0 saturated carbocycles. The standard InChI is InChI=1S/C8H6BrClN2/c9-6-1-2-7(12)5(3-4-11)8(6)10/h1-2H,3,12H2. The Bertz CT molecular complexity index is 344. The van der Waals surface area contributed by atoms with Crippen LogP contribution in [0.25, 0.3) is 0 Å². The molecule has 12 heavy (non-hydrogen) atoms. The van der Waals surface area contributed by atoms with Gasteiger partial charge in [0.25, 0.3) is 0 Å². The number of anilines is 1. The molecule has 2 N–H and O–H groups in total. The zero-order valence-corrected chi connectivity index (χ0v) is 8.48. The summed E-state index contributed by atoms with van der Waals surface area (Å²) in [4.78, 5) is 0. The van der Waals surface area contributed by atoms with E-state index in [-0.39, 0.29) is 6.42 Å². The predicted octanol–water partition coefficient (Wildman–Crippen LogP) is 2.75. The zero-order chi connectivity index (χ0) is 9.14. The summed E-state index contributed by atoms with van der Waals surface area (Å²) in [6, 6.07) is 5.49. The van der Waals surface area contributed by atoms with Gasteiger partial charge in [-0.1, -0.05) is 11.6 Å². The first-order valence-electron chi connectivity index (χ1n) is 3.26. The first kappa shape index (κ1) is 9.37. The summed E-state index contributed by atoms with van der Waals surface area (Å²) in [6.45, 7) is 0. The van der Waals surface area contributed by atoms with Gasteiger partial charge >= 0.3 is 0 Å². The molecular formula is C8H6BrClN2. The monoisotopic (exact) mass is 244 g/mol. The quantitative estimate of drug-likeness (QED) is 0.774. The zero-order valence-electron chi connectivity index (χ0n) is 6.14. The van der Waals surface area contributed by atoms with Crippen molar-refractivity contribution in [1.82, 2.24) is 0 Å². The third-order valence-corrected chi connectivity index (χ3v) is 2.81. The maximum Gasteiger partial charge on any atom is 0.0671 e. The van der Waals surface area contributed by atoms with Gasteiger partial charge in [0, 0.05) is 15.7 Å². The molecule has 0 aliphatic rings. The van der Waals surface area contributed by atoms with E-state index >= 15 is 0 Å². The van der Waals surface area contributed by atoms with Crippen molar-refractivity contribution >= 4 is 33.2 Å². The van der Waals surface area contributed by atoms with Crippen molar-refractivity contribution in [1.29, 1.82) is 5.26 Å². The second-order valence-corrected chi connectivity index (χ2v) is 3.50. The molecule has 0 radical (unpaired) electrons. The van der Waals surface area contributed by atoms with E-state index in [1.54, 1.807) is 12.1 Å². The SMILES string of the molecule is N#CCc1c(N)ccc(Br)c1Cl. The molecule has 4 heteroatoms. The number of hydrogen-bond donors (Lipinski definition) is 1. The molecule has 0 heterocycles. The number of hydrogen-bond acceptors (Lipinski definition) is 2. The first-order valence-corrected chi connectivity index (χ1v) is 4.43. The maximum absolute atomic E-state index is 8.48. The number of benzene rings is 1. The van der Waals surface area contributed by atoms with E-state index in [2.05, 4.69) is 15.9 Å². The predicted molar refractivity (Wildman–Crippen MR) is 52.9 cm³/mol. The van der Waals surface area contributed by atoms with Gasteiger partial charge in [-0.15, -0.1) is 0 Å². The van der Waals surface area contributed by atoms with Crippen molar-refractivity contribution < 1.29 is 0 Å². The van der Waals surface area contributed by atoms with Crippen LogP contribution in [0.2, 0.25) is 5.02 Å². The fraction of sp³-hybridized carbons (Fsp3) is 0.125. The highest BCUT2D eigenvalue weighted by atomic mass is 79.9. The molecule has 0 atom stereocenters. The van der Waals surface area contributed by atoms with Crippen LogP contribution in [-0.4, -0.2) is 0 Å². The Hall–Kier alpha value is -0.720. The lowest BCUT2D eigenvalue weighted by Crippen LogP contribution is -1.94. The summed E-state index contributed by atoms with van der Waals surface area (Å²) in [5.74, 6) is 0. The molecule has 0 aromatic heterocycles. The third kappa shape index (κ3) is 1.71. The molecule has 0 saturated heterocycles. The largest absolute Gasteiger partial charge is 0.398 e. The van der Waals surface area contributed by atoms with Gasteiger partial charge < -0.3 is 5.73 Å². The number of nitrogens with zero attached hydrogens (tertiary/aromatic N) is 1. The van der Waals surface area contributed by atoms with Crippen LogP contribution in [0.5, 0.6) is 0 Å². The molecular weight excluding hydrogens is 239 g/mol. The lowest BCUT2D eigenvalue weighted by molar-refractivity contribution is 1.26. The summed E-state index contributed by atoms with van der Waals surface area (Å²) in [5.41, 5.74) is 6.87. The molecule has 0 amide bonds. The Balaban J connectivity index is 3.25. The molecule has 0 unspecified atom stereocenters. The van der Waals surface area contributed by atoms with E-state index < -0.39 is 0 Å². The number of nitriles is 1. The van der Waals surface area contributed by atoms with Crippen molar-refractivity contribution in [3.63, 3.8) is 0 Å². The molecule has 0 spiro atoms. The second-order valence-electron chi connectivity index (χ2n) is 2.26. The van der Waals surface area contributed by atoms with Crippen molar-refractivity contribution in [3.05, 3.63) is 27.2 Å². The molecule has 1 rings (SSSR count). The Morgan fingerprint density at radius 3 is 2.83 bits per heavy atom. The van der Waals surface area contributed by atoms with Crippen LogP contribution in [0.1, 0.15) is 5.56 Å². The van der Waals surface area contributed by atoms with Gasteiger partial charge in [0.2, 0.25) is 0 Å². The van der Waals surface area contributed by atoms with Crippen molar-refractivity contribution in [2.24, 2.45) is 0 Å². The third-order valence-electron chi connectivity index (χ3n) is 1.49. The second kappa shape index (κ2) is 3.79. The Morgan fingerprint density at radius 2 is 2.25 bits per heavy atom. The van der Waals surface area contributed by atoms with E-state index in [0.717, 1.165) is 4.47 Å². The fourth-order valence-corrected chi connectivity index (χ4v) is 1.48. The van der Waals surface area contributed by atoms with E-state index in [1.165, 1.54) is 0 Å². The Kier molecular flexibility index (Phi) is 2.96. The van der Waals surface area contributed by atoms with E-state index in [0.29, 0.717) is 16.3 Å². The van der Waals surface area contributed by atoms with Crippen LogP contribution in [0.15, 0.2) is 16.6 Å². The minimum absolute atomic E-state index is 0.240. The molecule has 2 nitrogen and oxygen atoms in total. The number of rotatable bonds is 1. The molecule has 0 bridgehead atoms. The Morgan fingerprint density at radius 1 is 1.58 bits per heavy atom. The summed E-state index contributed by atoms with van der Waals surface area (Å²) < 4.78 is 0.767. The van der Waals surface area contributed by atoms with Crippen LogP contribution in [0, 0.1) is 11.3 Å². The summed E-state index contributed by atoms with van der Waals surface area (Å²) >= 11 is 9.15. The van der Waals surface area contributed by atoms with Crippen molar-refractivity contribution in [3.8, 4) is 6.07 Å². The van der Waals surface area contributed by atoms with E-state index in [4.69, 9.17) is 22.6 Å². The lowest BCUT2D eigenvalue weighted by Gasteiger charge is -2.05. The van der Waals surface area contributed by atoms with Gasteiger partial charge in [-0.05, 0) is 28.1 Å².